The number of guanidine groups is 1. The van der Waals surface area contributed by atoms with Gasteiger partial charge in [0.25, 0.3) is 0 Å². The molecule has 1 N–H and O–H groups in total. The third-order valence-corrected chi connectivity index (χ3v) is 4.02. The Bertz CT molecular complexity index is 333. The minimum Gasteiger partial charge on any atom is -0.382 e. The van der Waals surface area contributed by atoms with E-state index in [1.165, 1.54) is 0 Å². The molecule has 2 aliphatic heterocycles. The zero-order valence-electron chi connectivity index (χ0n) is 14.1. The maximum absolute atomic E-state index is 5.91. The molecule has 0 radical (unpaired) electrons. The van der Waals surface area contributed by atoms with Crippen molar-refractivity contribution in [2.45, 2.75) is 45.3 Å². The van der Waals surface area contributed by atoms with E-state index in [0.717, 1.165) is 77.8 Å². The van der Waals surface area contributed by atoms with Crippen LogP contribution in [0.4, 0.5) is 0 Å². The van der Waals surface area contributed by atoms with E-state index in [-0.39, 0.29) is 12.2 Å². The summed E-state index contributed by atoms with van der Waals surface area (Å²) in [7, 11) is 0. The van der Waals surface area contributed by atoms with Gasteiger partial charge in [-0.15, -0.1) is 0 Å². The second-order valence-electron chi connectivity index (χ2n) is 5.69. The number of ether oxygens (including phenoxy) is 3. The number of nitrogens with zero attached hydrogens (tertiary/aromatic N) is 2. The first-order valence-corrected chi connectivity index (χ1v) is 8.69. The van der Waals surface area contributed by atoms with Crippen LogP contribution in [0.5, 0.6) is 0 Å². The third-order valence-electron chi connectivity index (χ3n) is 4.02. The molecule has 2 rings (SSSR count). The zero-order valence-corrected chi connectivity index (χ0v) is 14.1. The fourth-order valence-electron chi connectivity index (χ4n) is 2.91. The number of hydrogen-bond acceptors (Lipinski definition) is 4. The summed E-state index contributed by atoms with van der Waals surface area (Å²) < 4.78 is 17.1. The summed E-state index contributed by atoms with van der Waals surface area (Å²) in [5, 5.41) is 3.39. The van der Waals surface area contributed by atoms with Crippen LogP contribution in [0.2, 0.25) is 0 Å². The van der Waals surface area contributed by atoms with Crippen molar-refractivity contribution in [1.82, 2.24) is 10.2 Å². The lowest BCUT2D eigenvalue weighted by molar-refractivity contribution is -0.0817. The van der Waals surface area contributed by atoms with Crippen molar-refractivity contribution >= 4 is 5.96 Å². The molecule has 2 atom stereocenters. The van der Waals surface area contributed by atoms with Crippen LogP contribution < -0.4 is 5.32 Å². The number of nitrogens with one attached hydrogen (secondary N) is 1. The van der Waals surface area contributed by atoms with E-state index in [0.29, 0.717) is 0 Å². The molecule has 0 aliphatic carbocycles. The fourth-order valence-corrected chi connectivity index (χ4v) is 2.91. The number of aliphatic imine (C=N–C) groups is 1. The summed E-state index contributed by atoms with van der Waals surface area (Å²) in [6.45, 7) is 10.7. The minimum absolute atomic E-state index is 0.170. The highest BCUT2D eigenvalue weighted by Crippen LogP contribution is 2.21. The standard InChI is InChI=1S/C16H31N3O3/c1-3-17-16(18-8-6-10-20-4-2)19-9-12-22-15(13-19)14-7-5-11-21-14/h14-15H,3-13H2,1-2H3,(H,17,18). The Morgan fingerprint density at radius 2 is 2.14 bits per heavy atom. The van der Waals surface area contributed by atoms with Gasteiger partial charge in [-0.05, 0) is 33.1 Å². The Hall–Kier alpha value is -0.850. The van der Waals surface area contributed by atoms with Crippen molar-refractivity contribution in [2.75, 3.05) is 52.6 Å². The first-order valence-electron chi connectivity index (χ1n) is 8.69. The molecule has 0 saturated carbocycles. The molecule has 0 bridgehead atoms. The van der Waals surface area contributed by atoms with Gasteiger partial charge < -0.3 is 24.4 Å². The molecule has 2 saturated heterocycles. The lowest BCUT2D eigenvalue weighted by atomic mass is 10.1. The van der Waals surface area contributed by atoms with Gasteiger partial charge in [0.1, 0.15) is 6.10 Å². The van der Waals surface area contributed by atoms with Crippen LogP contribution in [0.3, 0.4) is 0 Å². The van der Waals surface area contributed by atoms with Crippen LogP contribution in [0.1, 0.15) is 33.1 Å². The average molecular weight is 313 g/mol. The van der Waals surface area contributed by atoms with E-state index < -0.39 is 0 Å². The van der Waals surface area contributed by atoms with Crippen LogP contribution >= 0.6 is 0 Å². The second kappa shape index (κ2) is 10.0. The number of morpholine rings is 1. The van der Waals surface area contributed by atoms with Gasteiger partial charge >= 0.3 is 0 Å². The molecule has 0 amide bonds. The summed E-state index contributed by atoms with van der Waals surface area (Å²) in [5.74, 6) is 0.991. The third kappa shape index (κ3) is 5.41. The smallest absolute Gasteiger partial charge is 0.194 e. The molecule has 2 heterocycles. The van der Waals surface area contributed by atoms with Crippen molar-refractivity contribution < 1.29 is 14.2 Å². The van der Waals surface area contributed by atoms with Gasteiger partial charge in [-0.2, -0.15) is 0 Å². The summed E-state index contributed by atoms with van der Waals surface area (Å²) in [6, 6.07) is 0. The normalized spacial score (nSPS) is 26.5. The van der Waals surface area contributed by atoms with Crippen LogP contribution in [0.15, 0.2) is 4.99 Å². The van der Waals surface area contributed by atoms with E-state index in [1.807, 2.05) is 6.92 Å². The van der Waals surface area contributed by atoms with Crippen molar-refractivity contribution in [2.24, 2.45) is 4.99 Å². The monoisotopic (exact) mass is 313 g/mol. The van der Waals surface area contributed by atoms with Gasteiger partial charge in [-0.25, -0.2) is 0 Å². The summed E-state index contributed by atoms with van der Waals surface area (Å²) in [4.78, 5) is 7.03. The molecule has 0 aromatic heterocycles. The predicted molar refractivity (Wildman–Crippen MR) is 87.4 cm³/mol. The summed E-state index contributed by atoms with van der Waals surface area (Å²) in [5.41, 5.74) is 0. The van der Waals surface area contributed by atoms with Crippen molar-refractivity contribution in [3.8, 4) is 0 Å². The van der Waals surface area contributed by atoms with E-state index in [2.05, 4.69) is 17.1 Å². The topological polar surface area (TPSA) is 55.3 Å². The van der Waals surface area contributed by atoms with E-state index in [9.17, 15) is 0 Å². The summed E-state index contributed by atoms with van der Waals surface area (Å²) >= 11 is 0. The van der Waals surface area contributed by atoms with Gasteiger partial charge in [0.15, 0.2) is 5.96 Å². The molecule has 128 valence electrons. The maximum atomic E-state index is 5.91. The van der Waals surface area contributed by atoms with Gasteiger partial charge in [0.05, 0.1) is 12.7 Å². The Morgan fingerprint density at radius 3 is 2.86 bits per heavy atom. The van der Waals surface area contributed by atoms with Gasteiger partial charge in [-0.3, -0.25) is 4.99 Å². The molecule has 0 aromatic rings. The Balaban J connectivity index is 1.84. The van der Waals surface area contributed by atoms with Crippen molar-refractivity contribution in [3.05, 3.63) is 0 Å². The van der Waals surface area contributed by atoms with Crippen LogP contribution in [-0.4, -0.2) is 75.7 Å². The van der Waals surface area contributed by atoms with Gasteiger partial charge in [0.2, 0.25) is 0 Å². The highest BCUT2D eigenvalue weighted by Gasteiger charge is 2.32. The lowest BCUT2D eigenvalue weighted by Crippen LogP contribution is -2.53. The molecular formula is C16H31N3O3. The maximum Gasteiger partial charge on any atom is 0.194 e. The van der Waals surface area contributed by atoms with E-state index in [1.54, 1.807) is 0 Å². The quantitative estimate of drug-likeness (QED) is 0.436. The molecule has 6 heteroatoms. The van der Waals surface area contributed by atoms with Crippen LogP contribution in [0.25, 0.3) is 0 Å². The predicted octanol–water partition coefficient (Wildman–Crippen LogP) is 1.26. The minimum atomic E-state index is 0.170. The van der Waals surface area contributed by atoms with Crippen molar-refractivity contribution in [3.63, 3.8) is 0 Å². The first-order chi connectivity index (χ1) is 10.8. The Labute approximate surface area is 134 Å². The average Bonchev–Trinajstić information content (AvgIpc) is 3.08. The molecule has 0 aromatic carbocycles. The largest absolute Gasteiger partial charge is 0.382 e. The second-order valence-corrected chi connectivity index (χ2v) is 5.69. The van der Waals surface area contributed by atoms with Crippen molar-refractivity contribution in [1.29, 1.82) is 0 Å². The Kier molecular flexibility index (Phi) is 7.98. The van der Waals surface area contributed by atoms with Crippen LogP contribution in [-0.2, 0) is 14.2 Å². The van der Waals surface area contributed by atoms with Crippen LogP contribution in [0, 0.1) is 0 Å². The molecular weight excluding hydrogens is 282 g/mol. The van der Waals surface area contributed by atoms with Gasteiger partial charge in [-0.1, -0.05) is 0 Å². The zero-order chi connectivity index (χ0) is 15.6. The number of rotatable bonds is 7. The fraction of sp³-hybridized carbons (Fsp3) is 0.938. The summed E-state index contributed by atoms with van der Waals surface area (Å²) in [6.07, 6.45) is 3.64. The van der Waals surface area contributed by atoms with E-state index in [4.69, 9.17) is 19.2 Å². The number of hydrogen-bond donors (Lipinski definition) is 1. The molecule has 2 fully saturated rings. The lowest BCUT2D eigenvalue weighted by Gasteiger charge is -2.37. The molecule has 6 nitrogen and oxygen atoms in total. The van der Waals surface area contributed by atoms with Gasteiger partial charge in [0, 0.05) is 46.0 Å². The molecule has 2 unspecified atom stereocenters. The Morgan fingerprint density at radius 1 is 1.27 bits per heavy atom. The highest BCUT2D eigenvalue weighted by molar-refractivity contribution is 5.80. The van der Waals surface area contributed by atoms with E-state index >= 15 is 0 Å². The first kappa shape index (κ1) is 17.5. The SMILES string of the molecule is CCNC(=NCCCOCC)N1CCOC(C2CCCO2)C1. The molecule has 0 spiro atoms. The molecule has 22 heavy (non-hydrogen) atoms. The highest BCUT2D eigenvalue weighted by atomic mass is 16.5. The molecule has 2 aliphatic rings.